The molecule has 6 heterocycles. The van der Waals surface area contributed by atoms with Gasteiger partial charge in [0.25, 0.3) is 11.1 Å². The number of amides is 1. The molecule has 6 aromatic heterocycles. The first-order valence-corrected chi connectivity index (χ1v) is 26.7. The van der Waals surface area contributed by atoms with Crippen LogP contribution in [0.4, 0.5) is 8.78 Å². The number of aromatic nitrogens is 10. The van der Waals surface area contributed by atoms with E-state index in [0.29, 0.717) is 31.4 Å². The number of nitriles is 2. The summed E-state index contributed by atoms with van der Waals surface area (Å²) in [5.74, 6) is -2.85. The molecule has 2 aromatic carbocycles. The topological polar surface area (TPSA) is 314 Å². The summed E-state index contributed by atoms with van der Waals surface area (Å²) in [6.45, 7) is 14.7. The number of rotatable bonds is 20. The predicted octanol–water partition coefficient (Wildman–Crippen LogP) is 6.18. The lowest BCUT2D eigenvalue weighted by molar-refractivity contribution is -0.146. The number of benzene rings is 2. The number of primary amides is 1. The molecule has 1 amide bonds. The van der Waals surface area contributed by atoms with E-state index in [4.69, 9.17) is 24.7 Å². The fourth-order valence-corrected chi connectivity index (χ4v) is 11.1. The Morgan fingerprint density at radius 1 is 0.646 bits per heavy atom. The van der Waals surface area contributed by atoms with Crippen LogP contribution >= 0.6 is 22.7 Å². The van der Waals surface area contributed by atoms with Gasteiger partial charge in [0.15, 0.2) is 0 Å². The molecule has 432 valence electrons. The molecule has 82 heavy (non-hydrogen) atoms. The van der Waals surface area contributed by atoms with Crippen molar-refractivity contribution in [3.05, 3.63) is 137 Å². The van der Waals surface area contributed by atoms with Gasteiger partial charge in [0, 0.05) is 22.3 Å². The Kier molecular flexibility index (Phi) is 17.4. The molecular formula is C54H59F2N13O11S2. The number of carbonyl (C=O) groups excluding carboxylic acids is 1. The van der Waals surface area contributed by atoms with Gasteiger partial charge in [-0.15, -0.1) is 9.59 Å². The Hall–Kier alpha value is -8.70. The van der Waals surface area contributed by atoms with Crippen molar-refractivity contribution < 1.29 is 42.4 Å². The van der Waals surface area contributed by atoms with Gasteiger partial charge in [0.1, 0.15) is 66.1 Å². The van der Waals surface area contributed by atoms with Crippen molar-refractivity contribution in [1.29, 1.82) is 10.5 Å². The highest BCUT2D eigenvalue weighted by atomic mass is 32.1. The van der Waals surface area contributed by atoms with E-state index < -0.39 is 80.1 Å². The van der Waals surface area contributed by atoms with Crippen molar-refractivity contribution in [3.63, 3.8) is 0 Å². The zero-order chi connectivity index (χ0) is 60.6. The molecule has 0 saturated heterocycles. The quantitative estimate of drug-likeness (QED) is 0.0860. The summed E-state index contributed by atoms with van der Waals surface area (Å²) < 4.78 is 56.2. The number of carbonyl (C=O) groups is 2. The highest BCUT2D eigenvalue weighted by molar-refractivity contribution is 7.21. The molecule has 8 aromatic rings. The van der Waals surface area contributed by atoms with E-state index in [9.17, 15) is 53.2 Å². The van der Waals surface area contributed by atoms with E-state index in [1.54, 1.807) is 41.5 Å². The maximum atomic E-state index is 14.5. The molecule has 3 N–H and O–H groups in total. The first kappa shape index (κ1) is 60.9. The third-order valence-electron chi connectivity index (χ3n) is 13.5. The molecule has 0 aliphatic heterocycles. The fourth-order valence-electron chi connectivity index (χ4n) is 8.62. The first-order valence-electron chi connectivity index (χ1n) is 25.0. The minimum absolute atomic E-state index is 0.0654. The standard InChI is InChI=1S/C27H30FN7O5S.C27H29FN6O6S/c1-15-20-21(36)34(27(4,5)24(30)37)25(38)33(23(20)41-22(15)35-31-9-10-32-35)12-19(40-14-26(2,3)13-29)17-11-16(28)7-8-18(17)39-6;1-15-20-21(35)33(27(4,5)24(36)37)25(38)32(23(20)41-22(15)34-30-9-10-31-34)12-19(40-14-26(2,3)13-29)17-11-16(28)7-8-18(17)39-6/h7-11,19H,12,14H2,1-6H3,(H2,30,37);7-11,19H,12,14H2,1-6H3,(H,36,37)/t2*19-/m00/s1. The van der Waals surface area contributed by atoms with Crippen LogP contribution in [0, 0.1) is 59.0 Å². The number of halogens is 2. The van der Waals surface area contributed by atoms with Crippen molar-refractivity contribution in [2.45, 2.75) is 106 Å². The minimum Gasteiger partial charge on any atom is -0.496 e. The minimum atomic E-state index is -1.92. The van der Waals surface area contributed by atoms with Crippen LogP contribution in [0.3, 0.4) is 0 Å². The number of methoxy groups -OCH3 is 2. The summed E-state index contributed by atoms with van der Waals surface area (Å²) in [4.78, 5) is 83.5. The summed E-state index contributed by atoms with van der Waals surface area (Å²) in [5, 5.41) is 46.9. The molecule has 0 unspecified atom stereocenters. The number of ether oxygens (including phenoxy) is 4. The van der Waals surface area contributed by atoms with Gasteiger partial charge in [-0.1, -0.05) is 22.7 Å². The predicted molar refractivity (Wildman–Crippen MR) is 298 cm³/mol. The van der Waals surface area contributed by atoms with Crippen LogP contribution in [0.2, 0.25) is 0 Å². The second kappa shape index (κ2) is 23.4. The number of thiophene rings is 2. The highest BCUT2D eigenvalue weighted by Gasteiger charge is 2.38. The average molecular weight is 1170 g/mol. The molecule has 24 nitrogen and oxygen atoms in total. The number of hydrogen-bond acceptors (Lipinski definition) is 18. The van der Waals surface area contributed by atoms with E-state index in [1.165, 1.54) is 122 Å². The largest absolute Gasteiger partial charge is 0.496 e. The molecule has 0 aliphatic carbocycles. The Morgan fingerprint density at radius 3 is 1.32 bits per heavy atom. The van der Waals surface area contributed by atoms with Gasteiger partial charge in [-0.3, -0.25) is 23.5 Å². The average Bonchev–Trinajstić information content (AvgIpc) is 3.46. The number of aliphatic carboxylic acids is 1. The zero-order valence-corrected chi connectivity index (χ0v) is 48.4. The number of fused-ring (bicyclic) bond motifs is 2. The van der Waals surface area contributed by atoms with Gasteiger partial charge in [-0.05, 0) is 106 Å². The summed E-state index contributed by atoms with van der Waals surface area (Å²) in [6, 6.07) is 12.0. The molecule has 0 fully saturated rings. The molecule has 0 saturated carbocycles. The summed E-state index contributed by atoms with van der Waals surface area (Å²) in [5.41, 5.74) is -1.56. The van der Waals surface area contributed by atoms with E-state index >= 15 is 0 Å². The Bertz CT molecular complexity index is 3820. The highest BCUT2D eigenvalue weighted by Crippen LogP contribution is 2.38. The fraction of sp³-hybridized carbons (Fsp3) is 0.407. The molecule has 0 spiro atoms. The Morgan fingerprint density at radius 2 is 1.00 bits per heavy atom. The molecule has 0 bridgehead atoms. The summed E-state index contributed by atoms with van der Waals surface area (Å²) in [6.07, 6.45) is 3.82. The first-order chi connectivity index (χ1) is 38.5. The third kappa shape index (κ3) is 11.7. The maximum absolute atomic E-state index is 14.5. The number of nitrogens with two attached hydrogens (primary N) is 1. The second-order valence-corrected chi connectivity index (χ2v) is 23.2. The van der Waals surface area contributed by atoms with Gasteiger partial charge in [0.05, 0.1) is 99.1 Å². The molecular weight excluding hydrogens is 1110 g/mol. The van der Waals surface area contributed by atoms with Crippen LogP contribution < -0.4 is 37.7 Å². The van der Waals surface area contributed by atoms with Crippen molar-refractivity contribution in [1.82, 2.24) is 48.3 Å². The summed E-state index contributed by atoms with van der Waals surface area (Å²) >= 11 is 2.17. The third-order valence-corrected chi connectivity index (χ3v) is 16.1. The Labute approximate surface area is 474 Å². The molecule has 28 heteroatoms. The molecule has 0 aliphatic rings. The van der Waals surface area contributed by atoms with Gasteiger partial charge in [-0.25, -0.2) is 32.3 Å². The lowest BCUT2D eigenvalue weighted by atomic mass is 9.97. The lowest BCUT2D eigenvalue weighted by Gasteiger charge is -2.27. The maximum Gasteiger partial charge on any atom is 0.333 e. The van der Waals surface area contributed by atoms with E-state index in [2.05, 4.69) is 32.5 Å². The van der Waals surface area contributed by atoms with E-state index in [-0.39, 0.29) is 63.6 Å². The Balaban J connectivity index is 0.000000236. The normalized spacial score (nSPS) is 12.8. The number of aryl methyl sites for hydroxylation is 2. The smallest absolute Gasteiger partial charge is 0.333 e. The molecule has 0 radical (unpaired) electrons. The number of carboxylic acid groups (broad SMARTS) is 1. The van der Waals surface area contributed by atoms with Gasteiger partial charge in [0.2, 0.25) is 5.91 Å². The van der Waals surface area contributed by atoms with Crippen molar-refractivity contribution in [3.8, 4) is 33.6 Å². The van der Waals surface area contributed by atoms with E-state index in [1.807, 2.05) is 0 Å². The van der Waals surface area contributed by atoms with Crippen LogP contribution in [0.5, 0.6) is 11.5 Å². The van der Waals surface area contributed by atoms with Crippen molar-refractivity contribution in [2.24, 2.45) is 16.6 Å². The SMILES string of the molecule is COc1ccc(F)cc1[C@H](Cn1c(=O)n(C(C)(C)C(=O)O)c(=O)c2c(C)c(-n3nccn3)sc21)OCC(C)(C)C#N.COc1ccc(F)cc1[C@H](Cn1c(=O)n(C(C)(C)C(N)=O)c(=O)c2c(C)c(-n3nccn3)sc21)OCC(C)(C)C#N. The lowest BCUT2D eigenvalue weighted by Crippen LogP contribution is -2.54. The monoisotopic (exact) mass is 1170 g/mol. The summed E-state index contributed by atoms with van der Waals surface area (Å²) in [7, 11) is 2.82. The van der Waals surface area contributed by atoms with Gasteiger partial charge < -0.3 is 29.8 Å². The number of nitrogens with zero attached hydrogens (tertiary/aromatic N) is 12. The number of hydrogen-bond donors (Lipinski definition) is 2. The number of carboxylic acids is 1. The molecule has 2 atom stereocenters. The van der Waals surface area contributed by atoms with Crippen molar-refractivity contribution in [2.75, 3.05) is 27.4 Å². The second-order valence-electron chi connectivity index (χ2n) is 21.3. The van der Waals surface area contributed by atoms with Crippen molar-refractivity contribution >= 4 is 55.0 Å². The zero-order valence-electron chi connectivity index (χ0n) is 46.8. The van der Waals surface area contributed by atoms with Crippen LogP contribution in [0.25, 0.3) is 30.4 Å². The van der Waals surface area contributed by atoms with Crippen LogP contribution in [-0.2, 0) is 43.2 Å². The molecule has 8 rings (SSSR count). The van der Waals surface area contributed by atoms with Crippen LogP contribution in [0.1, 0.15) is 89.9 Å². The van der Waals surface area contributed by atoms with E-state index in [0.717, 1.165) is 27.2 Å². The van der Waals surface area contributed by atoms with Crippen LogP contribution in [-0.4, -0.2) is 92.7 Å². The van der Waals surface area contributed by atoms with Gasteiger partial charge >= 0.3 is 17.3 Å². The van der Waals surface area contributed by atoms with Gasteiger partial charge in [-0.2, -0.15) is 30.9 Å². The van der Waals surface area contributed by atoms with Crippen LogP contribution in [0.15, 0.2) is 80.4 Å².